The number of hydrogen-bond acceptors (Lipinski definition) is 6. The summed E-state index contributed by atoms with van der Waals surface area (Å²) in [7, 11) is 1.88. The average molecular weight is 273 g/mol. The van der Waals surface area contributed by atoms with Crippen molar-refractivity contribution >= 4 is 22.8 Å². The molecule has 1 atom stereocenters. The molecule has 20 heavy (non-hydrogen) atoms. The van der Waals surface area contributed by atoms with Crippen molar-refractivity contribution in [3.05, 3.63) is 6.20 Å². The number of rotatable bonds is 1. The Morgan fingerprint density at radius 3 is 3.05 bits per heavy atom. The van der Waals surface area contributed by atoms with Crippen LogP contribution in [0.5, 0.6) is 0 Å². The van der Waals surface area contributed by atoms with E-state index >= 15 is 0 Å². The molecule has 0 aliphatic carbocycles. The Bertz CT molecular complexity index is 651. The Labute approximate surface area is 117 Å². The number of aromatic nitrogens is 4. The normalized spacial score (nSPS) is 26.1. The lowest BCUT2D eigenvalue weighted by atomic mass is 9.95. The van der Waals surface area contributed by atoms with E-state index in [0.717, 1.165) is 43.0 Å². The van der Waals surface area contributed by atoms with Gasteiger partial charge in [-0.3, -0.25) is 4.68 Å². The second-order valence-corrected chi connectivity index (χ2v) is 5.82. The Morgan fingerprint density at radius 2 is 2.25 bits per heavy atom. The summed E-state index contributed by atoms with van der Waals surface area (Å²) in [5, 5.41) is 8.51. The van der Waals surface area contributed by atoms with Crippen molar-refractivity contribution in [3.63, 3.8) is 0 Å². The first-order valence-electron chi connectivity index (χ1n) is 7.13. The van der Waals surface area contributed by atoms with Crippen molar-refractivity contribution in [1.29, 1.82) is 0 Å². The average Bonchev–Trinajstić information content (AvgIpc) is 3.14. The number of hydrogen-bond donors (Lipinski definition) is 2. The Hall–Kier alpha value is -1.89. The van der Waals surface area contributed by atoms with Crippen LogP contribution in [0.15, 0.2) is 6.20 Å². The van der Waals surface area contributed by atoms with Crippen LogP contribution in [0.3, 0.4) is 0 Å². The van der Waals surface area contributed by atoms with Gasteiger partial charge in [0.25, 0.3) is 0 Å². The molecule has 0 aromatic carbocycles. The topological polar surface area (TPSA) is 84.9 Å². The molecule has 3 N–H and O–H groups in total. The first-order chi connectivity index (χ1) is 9.70. The van der Waals surface area contributed by atoms with Crippen LogP contribution in [0.2, 0.25) is 0 Å². The molecule has 0 radical (unpaired) electrons. The third-order valence-corrected chi connectivity index (χ3v) is 4.67. The zero-order valence-electron chi connectivity index (χ0n) is 11.6. The third kappa shape index (κ3) is 1.53. The quantitative estimate of drug-likeness (QED) is 0.776. The van der Waals surface area contributed by atoms with E-state index in [1.54, 1.807) is 10.9 Å². The summed E-state index contributed by atoms with van der Waals surface area (Å²) < 4.78 is 1.76. The SMILES string of the molecule is Cn1ncc2c(N)nc(N3CCCC34CCNC4)nc21. The highest BCUT2D eigenvalue weighted by atomic mass is 15.4. The monoisotopic (exact) mass is 273 g/mol. The number of nitrogens with one attached hydrogen (secondary N) is 1. The van der Waals surface area contributed by atoms with Gasteiger partial charge in [0.05, 0.1) is 17.1 Å². The highest BCUT2D eigenvalue weighted by Gasteiger charge is 2.44. The first-order valence-corrected chi connectivity index (χ1v) is 7.13. The van der Waals surface area contributed by atoms with Crippen molar-refractivity contribution in [2.75, 3.05) is 30.3 Å². The van der Waals surface area contributed by atoms with Gasteiger partial charge in [-0.05, 0) is 25.8 Å². The lowest BCUT2D eigenvalue weighted by Crippen LogP contribution is -2.46. The highest BCUT2D eigenvalue weighted by molar-refractivity contribution is 5.86. The molecule has 0 saturated carbocycles. The summed E-state index contributed by atoms with van der Waals surface area (Å²) in [5.74, 6) is 1.27. The van der Waals surface area contributed by atoms with Crippen molar-refractivity contribution < 1.29 is 0 Å². The number of aryl methyl sites for hydroxylation is 1. The molecule has 106 valence electrons. The maximum absolute atomic E-state index is 6.08. The van der Waals surface area contributed by atoms with E-state index in [0.29, 0.717) is 5.82 Å². The molecule has 4 rings (SSSR count). The van der Waals surface area contributed by atoms with Gasteiger partial charge in [-0.15, -0.1) is 0 Å². The van der Waals surface area contributed by atoms with Crippen molar-refractivity contribution in [2.45, 2.75) is 24.8 Å². The molecule has 7 heteroatoms. The van der Waals surface area contributed by atoms with Crippen molar-refractivity contribution in [3.8, 4) is 0 Å². The number of nitrogens with zero attached hydrogens (tertiary/aromatic N) is 5. The molecule has 2 fully saturated rings. The second-order valence-electron chi connectivity index (χ2n) is 5.82. The van der Waals surface area contributed by atoms with E-state index < -0.39 is 0 Å². The summed E-state index contributed by atoms with van der Waals surface area (Å²) in [6.07, 6.45) is 5.27. The summed E-state index contributed by atoms with van der Waals surface area (Å²) >= 11 is 0. The van der Waals surface area contributed by atoms with Crippen LogP contribution in [0, 0.1) is 0 Å². The van der Waals surface area contributed by atoms with Gasteiger partial charge in [-0.1, -0.05) is 0 Å². The number of nitrogens with two attached hydrogens (primary N) is 1. The molecule has 2 saturated heterocycles. The van der Waals surface area contributed by atoms with E-state index in [2.05, 4.69) is 20.3 Å². The van der Waals surface area contributed by atoms with Gasteiger partial charge < -0.3 is 16.0 Å². The molecular weight excluding hydrogens is 254 g/mol. The van der Waals surface area contributed by atoms with E-state index in [9.17, 15) is 0 Å². The minimum atomic E-state index is 0.179. The summed E-state index contributed by atoms with van der Waals surface area (Å²) in [5.41, 5.74) is 7.06. The smallest absolute Gasteiger partial charge is 0.229 e. The minimum Gasteiger partial charge on any atom is -0.383 e. The molecule has 1 unspecified atom stereocenters. The van der Waals surface area contributed by atoms with Gasteiger partial charge in [-0.25, -0.2) is 0 Å². The zero-order valence-corrected chi connectivity index (χ0v) is 11.6. The maximum atomic E-state index is 6.08. The van der Waals surface area contributed by atoms with E-state index in [4.69, 9.17) is 10.7 Å². The lowest BCUT2D eigenvalue weighted by molar-refractivity contribution is 0.461. The highest BCUT2D eigenvalue weighted by Crippen LogP contribution is 2.37. The van der Waals surface area contributed by atoms with Crippen LogP contribution in [0.1, 0.15) is 19.3 Å². The third-order valence-electron chi connectivity index (χ3n) is 4.67. The molecule has 7 nitrogen and oxygen atoms in total. The van der Waals surface area contributed by atoms with E-state index in [1.165, 1.54) is 12.8 Å². The second kappa shape index (κ2) is 4.05. The predicted molar refractivity (Wildman–Crippen MR) is 77.5 cm³/mol. The van der Waals surface area contributed by atoms with E-state index in [-0.39, 0.29) is 5.54 Å². The number of nitrogen functional groups attached to an aromatic ring is 1. The molecule has 2 aromatic heterocycles. The van der Waals surface area contributed by atoms with E-state index in [1.807, 2.05) is 7.05 Å². The fourth-order valence-corrected chi connectivity index (χ4v) is 3.58. The predicted octanol–water partition coefficient (Wildman–Crippen LogP) is 0.278. The molecule has 2 aliphatic heterocycles. The number of fused-ring (bicyclic) bond motifs is 1. The standard InChI is InChI=1S/C13H19N7/c1-19-11-9(7-16-19)10(14)17-12(18-11)20-6-2-3-13(20)4-5-15-8-13/h7,15H,2-6,8H2,1H3,(H2,14,17,18). The Morgan fingerprint density at radius 1 is 1.35 bits per heavy atom. The van der Waals surface area contributed by atoms with Crippen molar-refractivity contribution in [2.24, 2.45) is 7.05 Å². The molecular formula is C13H19N7. The lowest BCUT2D eigenvalue weighted by Gasteiger charge is -2.34. The van der Waals surface area contributed by atoms with Crippen LogP contribution in [0.25, 0.3) is 11.0 Å². The minimum absolute atomic E-state index is 0.179. The van der Waals surface area contributed by atoms with Gasteiger partial charge >= 0.3 is 0 Å². The molecule has 4 heterocycles. The fourth-order valence-electron chi connectivity index (χ4n) is 3.58. The van der Waals surface area contributed by atoms with Gasteiger partial charge in [0, 0.05) is 20.1 Å². The molecule has 2 aromatic rings. The fraction of sp³-hybridized carbons (Fsp3) is 0.615. The Balaban J connectivity index is 1.83. The first kappa shape index (κ1) is 11.9. The summed E-state index contributed by atoms with van der Waals surface area (Å²) in [6, 6.07) is 0. The van der Waals surface area contributed by atoms with Crippen LogP contribution in [0.4, 0.5) is 11.8 Å². The van der Waals surface area contributed by atoms with Gasteiger partial charge in [-0.2, -0.15) is 15.1 Å². The number of anilines is 2. The van der Waals surface area contributed by atoms with Gasteiger partial charge in [0.15, 0.2) is 5.65 Å². The van der Waals surface area contributed by atoms with Crippen LogP contribution in [-0.2, 0) is 7.05 Å². The Kier molecular flexibility index (Phi) is 2.41. The zero-order chi connectivity index (χ0) is 13.7. The largest absolute Gasteiger partial charge is 0.383 e. The molecule has 1 spiro atoms. The van der Waals surface area contributed by atoms with Gasteiger partial charge in [0.1, 0.15) is 5.82 Å². The summed E-state index contributed by atoms with van der Waals surface area (Å²) in [6.45, 7) is 3.09. The van der Waals surface area contributed by atoms with Gasteiger partial charge in [0.2, 0.25) is 5.95 Å². The van der Waals surface area contributed by atoms with Crippen LogP contribution >= 0.6 is 0 Å². The molecule has 0 amide bonds. The molecule has 2 aliphatic rings. The summed E-state index contributed by atoms with van der Waals surface area (Å²) in [4.78, 5) is 11.6. The van der Waals surface area contributed by atoms with Crippen LogP contribution < -0.4 is 16.0 Å². The van der Waals surface area contributed by atoms with Crippen LogP contribution in [-0.4, -0.2) is 44.9 Å². The maximum Gasteiger partial charge on any atom is 0.229 e. The van der Waals surface area contributed by atoms with Crippen molar-refractivity contribution in [1.82, 2.24) is 25.1 Å². The molecule has 0 bridgehead atoms.